The molecule has 2 rings (SSSR count). The summed E-state index contributed by atoms with van der Waals surface area (Å²) in [6, 6.07) is 4.32. The van der Waals surface area contributed by atoms with E-state index in [2.05, 4.69) is 10.3 Å². The second-order valence-electron chi connectivity index (χ2n) is 4.15. The predicted molar refractivity (Wildman–Crippen MR) is 65.7 cm³/mol. The van der Waals surface area contributed by atoms with Crippen molar-refractivity contribution in [1.82, 2.24) is 4.98 Å². The Morgan fingerprint density at radius 1 is 1.44 bits per heavy atom. The van der Waals surface area contributed by atoms with Crippen LogP contribution in [-0.4, -0.2) is 17.6 Å². The number of anilines is 2. The first-order valence-electron chi connectivity index (χ1n) is 5.95. The van der Waals surface area contributed by atoms with Crippen molar-refractivity contribution >= 4 is 11.5 Å². The Bertz CT molecular complexity index is 348. The van der Waals surface area contributed by atoms with Crippen molar-refractivity contribution in [3.8, 4) is 5.88 Å². The molecule has 1 aromatic rings. The summed E-state index contributed by atoms with van der Waals surface area (Å²) >= 11 is 0. The molecule has 0 saturated heterocycles. The molecular weight excluding hydrogens is 202 g/mol. The fourth-order valence-electron chi connectivity index (χ4n) is 2.06. The van der Waals surface area contributed by atoms with Crippen LogP contribution < -0.4 is 15.8 Å². The molecular formula is C12H19N3O. The molecule has 0 amide bonds. The Kier molecular flexibility index (Phi) is 3.49. The first-order chi connectivity index (χ1) is 7.79. The average Bonchev–Trinajstić information content (AvgIpc) is 2.76. The standard InChI is InChI=1S/C12H19N3O/c1-2-16-12-10(13)7-8-11(15-12)14-9-5-3-4-6-9/h7-9H,2-6,13H2,1H3,(H,14,15). The van der Waals surface area contributed by atoms with E-state index < -0.39 is 0 Å². The summed E-state index contributed by atoms with van der Waals surface area (Å²) < 4.78 is 5.37. The van der Waals surface area contributed by atoms with Gasteiger partial charge < -0.3 is 15.8 Å². The number of aromatic nitrogens is 1. The molecule has 1 aromatic heterocycles. The molecule has 1 saturated carbocycles. The number of hydrogen-bond acceptors (Lipinski definition) is 4. The summed E-state index contributed by atoms with van der Waals surface area (Å²) in [5.74, 6) is 1.40. The van der Waals surface area contributed by atoms with E-state index in [4.69, 9.17) is 10.5 Å². The van der Waals surface area contributed by atoms with Crippen LogP contribution in [0.15, 0.2) is 12.1 Å². The van der Waals surface area contributed by atoms with Gasteiger partial charge in [-0.3, -0.25) is 0 Å². The van der Waals surface area contributed by atoms with Crippen LogP contribution in [0.2, 0.25) is 0 Å². The number of nitrogens with zero attached hydrogens (tertiary/aromatic N) is 1. The van der Waals surface area contributed by atoms with E-state index in [1.54, 1.807) is 0 Å². The SMILES string of the molecule is CCOc1nc(NC2CCCC2)ccc1N. The molecule has 88 valence electrons. The fourth-order valence-corrected chi connectivity index (χ4v) is 2.06. The summed E-state index contributed by atoms with van der Waals surface area (Å²) in [7, 11) is 0. The molecule has 0 spiro atoms. The minimum Gasteiger partial charge on any atom is -0.476 e. The Hall–Kier alpha value is -1.45. The molecule has 0 atom stereocenters. The van der Waals surface area contributed by atoms with Crippen LogP contribution >= 0.6 is 0 Å². The van der Waals surface area contributed by atoms with Gasteiger partial charge in [0.25, 0.3) is 0 Å². The number of hydrogen-bond donors (Lipinski definition) is 2. The Labute approximate surface area is 96.2 Å². The van der Waals surface area contributed by atoms with Crippen molar-refractivity contribution in [3.05, 3.63) is 12.1 Å². The minimum atomic E-state index is 0.533. The van der Waals surface area contributed by atoms with Crippen molar-refractivity contribution in [2.75, 3.05) is 17.7 Å². The van der Waals surface area contributed by atoms with Crippen molar-refractivity contribution in [2.45, 2.75) is 38.6 Å². The van der Waals surface area contributed by atoms with Crippen LogP contribution in [0.1, 0.15) is 32.6 Å². The van der Waals surface area contributed by atoms with Crippen molar-refractivity contribution in [2.24, 2.45) is 0 Å². The average molecular weight is 221 g/mol. The number of nitrogens with one attached hydrogen (secondary N) is 1. The lowest BCUT2D eigenvalue weighted by Crippen LogP contribution is -2.15. The smallest absolute Gasteiger partial charge is 0.239 e. The largest absolute Gasteiger partial charge is 0.476 e. The maximum absolute atomic E-state index is 5.77. The summed E-state index contributed by atoms with van der Waals surface area (Å²) in [5, 5.41) is 3.42. The molecule has 0 aliphatic heterocycles. The Morgan fingerprint density at radius 3 is 2.88 bits per heavy atom. The number of rotatable bonds is 4. The Balaban J connectivity index is 2.05. The van der Waals surface area contributed by atoms with Gasteiger partial charge in [-0.1, -0.05) is 12.8 Å². The monoisotopic (exact) mass is 221 g/mol. The maximum Gasteiger partial charge on any atom is 0.239 e. The zero-order valence-corrected chi connectivity index (χ0v) is 9.70. The number of nitrogens with two attached hydrogens (primary N) is 1. The van der Waals surface area contributed by atoms with Gasteiger partial charge in [-0.25, -0.2) is 0 Å². The first-order valence-corrected chi connectivity index (χ1v) is 5.95. The highest BCUT2D eigenvalue weighted by Crippen LogP contribution is 2.25. The van der Waals surface area contributed by atoms with Crippen LogP contribution in [0.25, 0.3) is 0 Å². The zero-order valence-electron chi connectivity index (χ0n) is 9.70. The summed E-state index contributed by atoms with van der Waals surface area (Å²) in [5.41, 5.74) is 6.36. The van der Waals surface area contributed by atoms with Gasteiger partial charge in [-0.2, -0.15) is 4.98 Å². The molecule has 1 fully saturated rings. The molecule has 4 nitrogen and oxygen atoms in total. The van der Waals surface area contributed by atoms with Gasteiger partial charge in [0, 0.05) is 6.04 Å². The second kappa shape index (κ2) is 5.05. The van der Waals surface area contributed by atoms with Gasteiger partial charge in [0.1, 0.15) is 5.82 Å². The van der Waals surface area contributed by atoms with E-state index in [0.717, 1.165) is 5.82 Å². The molecule has 3 N–H and O–H groups in total. The number of pyridine rings is 1. The van der Waals surface area contributed by atoms with Crippen LogP contribution in [-0.2, 0) is 0 Å². The van der Waals surface area contributed by atoms with Gasteiger partial charge in [-0.15, -0.1) is 0 Å². The lowest BCUT2D eigenvalue weighted by Gasteiger charge is -2.14. The molecule has 0 aromatic carbocycles. The van der Waals surface area contributed by atoms with Crippen molar-refractivity contribution in [3.63, 3.8) is 0 Å². The molecule has 0 unspecified atom stereocenters. The first kappa shape index (κ1) is 11.0. The zero-order chi connectivity index (χ0) is 11.4. The summed E-state index contributed by atoms with van der Waals surface area (Å²) in [6.45, 7) is 2.52. The van der Waals surface area contributed by atoms with Gasteiger partial charge in [0.05, 0.1) is 12.3 Å². The summed E-state index contributed by atoms with van der Waals surface area (Å²) in [4.78, 5) is 4.37. The molecule has 16 heavy (non-hydrogen) atoms. The Morgan fingerprint density at radius 2 is 2.19 bits per heavy atom. The van der Waals surface area contributed by atoms with E-state index in [-0.39, 0.29) is 0 Å². The van der Waals surface area contributed by atoms with Crippen LogP contribution in [0.4, 0.5) is 11.5 Å². The molecule has 1 aliphatic rings. The highest BCUT2D eigenvalue weighted by molar-refractivity contribution is 5.53. The van der Waals surface area contributed by atoms with Crippen LogP contribution in [0.3, 0.4) is 0 Å². The van der Waals surface area contributed by atoms with Crippen LogP contribution in [0, 0.1) is 0 Å². The predicted octanol–water partition coefficient (Wildman–Crippen LogP) is 2.42. The highest BCUT2D eigenvalue weighted by Gasteiger charge is 2.15. The van der Waals surface area contributed by atoms with Gasteiger partial charge >= 0.3 is 0 Å². The third-order valence-corrected chi connectivity index (χ3v) is 2.88. The molecule has 0 bridgehead atoms. The normalized spacial score (nSPS) is 16.3. The molecule has 4 heteroatoms. The van der Waals surface area contributed by atoms with Crippen LogP contribution in [0.5, 0.6) is 5.88 Å². The molecule has 0 radical (unpaired) electrons. The van der Waals surface area contributed by atoms with E-state index in [1.165, 1.54) is 25.7 Å². The second-order valence-corrected chi connectivity index (χ2v) is 4.15. The molecule has 1 aliphatic carbocycles. The number of ether oxygens (including phenoxy) is 1. The van der Waals surface area contributed by atoms with Crippen molar-refractivity contribution in [1.29, 1.82) is 0 Å². The van der Waals surface area contributed by atoms with Gasteiger partial charge in [0.15, 0.2) is 0 Å². The summed E-state index contributed by atoms with van der Waals surface area (Å²) in [6.07, 6.45) is 5.09. The van der Waals surface area contributed by atoms with E-state index in [1.807, 2.05) is 19.1 Å². The van der Waals surface area contributed by atoms with Crippen molar-refractivity contribution < 1.29 is 4.74 Å². The third kappa shape index (κ3) is 2.56. The third-order valence-electron chi connectivity index (χ3n) is 2.88. The highest BCUT2D eigenvalue weighted by atomic mass is 16.5. The lowest BCUT2D eigenvalue weighted by atomic mass is 10.2. The maximum atomic E-state index is 5.77. The molecule has 1 heterocycles. The number of nitrogen functional groups attached to an aromatic ring is 1. The topological polar surface area (TPSA) is 60.2 Å². The minimum absolute atomic E-state index is 0.533. The quantitative estimate of drug-likeness (QED) is 0.819. The van der Waals surface area contributed by atoms with Gasteiger partial charge in [-0.05, 0) is 31.9 Å². The van der Waals surface area contributed by atoms with E-state index in [0.29, 0.717) is 24.2 Å². The van der Waals surface area contributed by atoms with Gasteiger partial charge in [0.2, 0.25) is 5.88 Å². The van der Waals surface area contributed by atoms with E-state index >= 15 is 0 Å². The lowest BCUT2D eigenvalue weighted by molar-refractivity contribution is 0.329. The van der Waals surface area contributed by atoms with E-state index in [9.17, 15) is 0 Å². The fraction of sp³-hybridized carbons (Fsp3) is 0.583.